The van der Waals surface area contributed by atoms with Crippen LogP contribution in [0.5, 0.6) is 0 Å². The highest BCUT2D eigenvalue weighted by Gasteiger charge is 2.61. The smallest absolute Gasteiger partial charge is 0.231 e. The molecule has 2 unspecified atom stereocenters. The maximum absolute atomic E-state index is 7.64. The normalized spacial score (nSPS) is 19.7. The van der Waals surface area contributed by atoms with Crippen LogP contribution in [0.3, 0.4) is 0 Å². The number of hydrogen-bond acceptors (Lipinski definition) is 5. The minimum atomic E-state index is -0.150. The average molecular weight is 982 g/mol. The lowest BCUT2D eigenvalue weighted by atomic mass is 9.26. The Balaban J connectivity index is 1.23. The molecule has 374 valence electrons. The van der Waals surface area contributed by atoms with Gasteiger partial charge in [-0.2, -0.15) is 0 Å². The molecular formula is C69H68BN3O2. The van der Waals surface area contributed by atoms with Crippen molar-refractivity contribution >= 4 is 102 Å². The van der Waals surface area contributed by atoms with E-state index in [2.05, 4.69) is 203 Å². The molecule has 5 nitrogen and oxygen atoms in total. The van der Waals surface area contributed by atoms with Crippen LogP contribution in [0, 0.1) is 12.8 Å². The van der Waals surface area contributed by atoms with Gasteiger partial charge >= 0.3 is 0 Å². The fourth-order valence-electron chi connectivity index (χ4n) is 15.7. The maximum Gasteiger partial charge on any atom is 0.231 e. The van der Waals surface area contributed by atoms with Gasteiger partial charge < -0.3 is 23.5 Å². The Hall–Kier alpha value is -6.92. The lowest BCUT2D eigenvalue weighted by molar-refractivity contribution is 0.407. The first kappa shape index (κ1) is 45.5. The summed E-state index contributed by atoms with van der Waals surface area (Å²) in [4.78, 5) is 8.47. The molecule has 0 amide bonds. The first-order chi connectivity index (χ1) is 36.5. The van der Waals surface area contributed by atoms with Crippen LogP contribution in [-0.2, 0) is 10.8 Å². The van der Waals surface area contributed by atoms with Crippen LogP contribution in [0.4, 0.5) is 39.8 Å². The van der Waals surface area contributed by atoms with Crippen molar-refractivity contribution in [3.05, 3.63) is 172 Å². The van der Waals surface area contributed by atoms with E-state index < -0.39 is 0 Å². The Bertz CT molecular complexity index is 3950. The molecule has 0 spiro atoms. The third-order valence-corrected chi connectivity index (χ3v) is 18.7. The highest BCUT2D eigenvalue weighted by molar-refractivity contribution is 6.94. The van der Waals surface area contributed by atoms with Gasteiger partial charge in [0.05, 0.1) is 17.1 Å². The van der Waals surface area contributed by atoms with Crippen LogP contribution in [0.1, 0.15) is 134 Å². The standard InChI is InChI=1S/C69H68BN3O2/c1-41-39-51-59-52(40-41)73(50-36-22-20-34-48(50)69(5,6)7)65-58-46-32-18-24-38-54(46)75-67(58)56(43-27-13-9-14-28-43)63-61(65)70(59)60-62(71(63)44-29-15-10-16-30-44)55(42-25-11-8-12-26-42)66-57(45-31-17-23-37-53(45)74-66)64(60)72(51)49-35-21-19-33-47(49)68(2,3)4/h10,15-24,29-40,42-43,60,62H,8-9,11-14,25-28H2,1-7H3. The fraction of sp³-hybridized carbons (Fsp3) is 0.333. The molecule has 6 heteroatoms. The third kappa shape index (κ3) is 6.50. The molecule has 7 aromatic carbocycles. The highest BCUT2D eigenvalue weighted by atomic mass is 16.3. The summed E-state index contributed by atoms with van der Waals surface area (Å²) in [6, 6.07) is 53.3. The van der Waals surface area contributed by atoms with Crippen molar-refractivity contribution in [1.82, 2.24) is 0 Å². The summed E-state index contributed by atoms with van der Waals surface area (Å²) >= 11 is 0. The molecule has 3 aliphatic heterocycles. The van der Waals surface area contributed by atoms with Crippen molar-refractivity contribution < 1.29 is 8.83 Å². The zero-order valence-electron chi connectivity index (χ0n) is 44.9. The molecule has 3 aliphatic carbocycles. The monoisotopic (exact) mass is 982 g/mol. The second-order valence-electron chi connectivity index (χ2n) is 25.2. The van der Waals surface area contributed by atoms with E-state index in [-0.39, 0.29) is 29.4 Å². The first-order valence-electron chi connectivity index (χ1n) is 28.5. The van der Waals surface area contributed by atoms with Crippen LogP contribution >= 0.6 is 0 Å². The number of fused-ring (bicyclic) bond motifs is 7. The van der Waals surface area contributed by atoms with Gasteiger partial charge in [-0.25, -0.2) is 0 Å². The van der Waals surface area contributed by atoms with Gasteiger partial charge in [-0.1, -0.05) is 171 Å². The van der Waals surface area contributed by atoms with Crippen LogP contribution in [0.25, 0.3) is 44.2 Å². The lowest BCUT2D eigenvalue weighted by Crippen LogP contribution is -2.69. The van der Waals surface area contributed by atoms with E-state index >= 15 is 0 Å². The largest absolute Gasteiger partial charge is 0.456 e. The number of furan rings is 2. The second kappa shape index (κ2) is 16.5. The van der Waals surface area contributed by atoms with Gasteiger partial charge in [0.2, 0.25) is 6.71 Å². The van der Waals surface area contributed by atoms with Crippen molar-refractivity contribution in [2.75, 3.05) is 14.7 Å². The summed E-state index contributed by atoms with van der Waals surface area (Å²) in [6.07, 6.45) is 12.1. The molecule has 2 aromatic heterocycles. The van der Waals surface area contributed by atoms with Gasteiger partial charge in [-0.15, -0.1) is 0 Å². The molecular weight excluding hydrogens is 914 g/mol. The third-order valence-electron chi connectivity index (χ3n) is 18.7. The van der Waals surface area contributed by atoms with Gasteiger partial charge in [0.25, 0.3) is 0 Å². The van der Waals surface area contributed by atoms with Gasteiger partial charge in [0, 0.05) is 67.2 Å². The lowest BCUT2D eigenvalue weighted by Gasteiger charge is -2.58. The zero-order valence-corrected chi connectivity index (χ0v) is 44.9. The summed E-state index contributed by atoms with van der Waals surface area (Å²) < 4.78 is 15.3. The molecule has 0 saturated heterocycles. The first-order valence-corrected chi connectivity index (χ1v) is 28.5. The highest BCUT2D eigenvalue weighted by Crippen LogP contribution is 2.62. The second-order valence-corrected chi connectivity index (χ2v) is 25.2. The Kier molecular flexibility index (Phi) is 10.0. The van der Waals surface area contributed by atoms with Crippen LogP contribution in [-0.4, -0.2) is 12.8 Å². The number of hydrogen-bond donors (Lipinski definition) is 0. The van der Waals surface area contributed by atoms with Crippen LogP contribution in [0.15, 0.2) is 148 Å². The number of aryl methyl sites for hydroxylation is 1. The summed E-state index contributed by atoms with van der Waals surface area (Å²) in [5, 5.41) is 4.98. The van der Waals surface area contributed by atoms with E-state index in [1.54, 1.807) is 0 Å². The topological polar surface area (TPSA) is 36.0 Å². The molecule has 0 N–H and O–H groups in total. The Morgan fingerprint density at radius 2 is 1.07 bits per heavy atom. The molecule has 2 saturated carbocycles. The van der Waals surface area contributed by atoms with Crippen LogP contribution in [0.2, 0.25) is 5.82 Å². The Morgan fingerprint density at radius 3 is 1.72 bits per heavy atom. The van der Waals surface area contributed by atoms with Gasteiger partial charge in [-0.05, 0) is 137 Å². The number of para-hydroxylation sites is 5. The number of anilines is 7. The SMILES string of the molecule is Cc1cc2c3c(c1)N(c1ccccc1C(C)(C)C)c1c4c(c(C5CCCCC5)c5oc6ccccc6c15)N(c1ccccc1)C1C(C5CCCCC5)=c5oc6ccccc6c5=C(C1B34)N2c1ccccc1C(C)(C)C. The van der Waals surface area contributed by atoms with Crippen molar-refractivity contribution in [3.8, 4) is 0 Å². The minimum absolute atomic E-state index is 0.0115. The van der Waals surface area contributed by atoms with E-state index in [0.29, 0.717) is 11.8 Å². The molecule has 9 aromatic rings. The summed E-state index contributed by atoms with van der Waals surface area (Å²) in [7, 11) is 0. The Morgan fingerprint density at radius 1 is 0.520 bits per heavy atom. The van der Waals surface area contributed by atoms with E-state index in [1.165, 1.54) is 157 Å². The Labute approximate surface area is 442 Å². The van der Waals surface area contributed by atoms with Crippen molar-refractivity contribution in [3.63, 3.8) is 0 Å². The number of nitrogens with zero attached hydrogens (tertiary/aromatic N) is 3. The minimum Gasteiger partial charge on any atom is -0.456 e. The van der Waals surface area contributed by atoms with Crippen molar-refractivity contribution in [1.29, 1.82) is 0 Å². The fourth-order valence-corrected chi connectivity index (χ4v) is 15.7. The van der Waals surface area contributed by atoms with E-state index in [9.17, 15) is 0 Å². The summed E-state index contributed by atoms with van der Waals surface area (Å²) in [5.41, 5.74) is 23.9. The van der Waals surface area contributed by atoms with E-state index in [0.717, 1.165) is 35.0 Å². The molecule has 0 radical (unpaired) electrons. The van der Waals surface area contributed by atoms with Gasteiger partial charge in [-0.3, -0.25) is 0 Å². The molecule has 15 rings (SSSR count). The quantitative estimate of drug-likeness (QED) is 0.161. The summed E-state index contributed by atoms with van der Waals surface area (Å²) in [6.45, 7) is 16.7. The van der Waals surface area contributed by atoms with Crippen molar-refractivity contribution in [2.24, 2.45) is 5.92 Å². The molecule has 2 fully saturated rings. The van der Waals surface area contributed by atoms with Gasteiger partial charge in [0.1, 0.15) is 22.2 Å². The molecule has 2 atom stereocenters. The number of benzene rings is 7. The predicted molar refractivity (Wildman–Crippen MR) is 315 cm³/mol. The van der Waals surface area contributed by atoms with E-state index in [1.807, 2.05) is 0 Å². The molecule has 0 bridgehead atoms. The molecule has 75 heavy (non-hydrogen) atoms. The van der Waals surface area contributed by atoms with E-state index in [4.69, 9.17) is 8.83 Å². The number of rotatable bonds is 5. The van der Waals surface area contributed by atoms with Crippen molar-refractivity contribution in [2.45, 2.75) is 141 Å². The van der Waals surface area contributed by atoms with Gasteiger partial charge in [0.15, 0.2) is 0 Å². The maximum atomic E-state index is 7.64. The average Bonchev–Trinajstić information content (AvgIpc) is 4.24. The van der Waals surface area contributed by atoms with Crippen LogP contribution < -0.4 is 36.3 Å². The zero-order chi connectivity index (χ0) is 50.6. The predicted octanol–water partition coefficient (Wildman–Crippen LogP) is 16.3. The summed E-state index contributed by atoms with van der Waals surface area (Å²) in [5.74, 6) is 0.723. The molecule has 5 heterocycles. The molecule has 6 aliphatic rings.